The molecule has 0 heterocycles. The molecule has 0 spiro atoms. The Morgan fingerprint density at radius 3 is 2.67 bits per heavy atom. The zero-order valence-electron chi connectivity index (χ0n) is 11.9. The van der Waals surface area contributed by atoms with Crippen LogP contribution in [0, 0.1) is 6.92 Å². The van der Waals surface area contributed by atoms with Gasteiger partial charge in [0.25, 0.3) is 0 Å². The first kappa shape index (κ1) is 15.7. The Hall–Kier alpha value is -1.65. The molecule has 2 rings (SSSR count). The molecule has 0 aliphatic rings. The zero-order chi connectivity index (χ0) is 15.4. The number of amides is 1. The van der Waals surface area contributed by atoms with Crippen LogP contribution in [0.2, 0.25) is 5.02 Å². The summed E-state index contributed by atoms with van der Waals surface area (Å²) in [5.41, 5.74) is 8.11. The van der Waals surface area contributed by atoms with E-state index in [1.54, 1.807) is 6.07 Å². The Bertz CT molecular complexity index is 660. The molecule has 0 aromatic heterocycles. The number of nitrogens with one attached hydrogen (secondary N) is 1. The predicted octanol–water partition coefficient (Wildman–Crippen LogP) is 4.35. The fourth-order valence-electron chi connectivity index (χ4n) is 1.85. The molecule has 1 atom stereocenters. The lowest BCUT2D eigenvalue weighted by atomic mass is 10.2. The highest BCUT2D eigenvalue weighted by Crippen LogP contribution is 2.30. The van der Waals surface area contributed by atoms with Crippen LogP contribution in [0.3, 0.4) is 0 Å². The number of rotatable bonds is 4. The molecule has 0 saturated heterocycles. The van der Waals surface area contributed by atoms with Crippen molar-refractivity contribution >= 4 is 40.6 Å². The van der Waals surface area contributed by atoms with Crippen LogP contribution < -0.4 is 11.1 Å². The van der Waals surface area contributed by atoms with Crippen molar-refractivity contribution < 1.29 is 4.79 Å². The smallest absolute Gasteiger partial charge is 0.237 e. The summed E-state index contributed by atoms with van der Waals surface area (Å²) >= 11 is 7.55. The van der Waals surface area contributed by atoms with Crippen molar-refractivity contribution in [3.8, 4) is 0 Å². The maximum Gasteiger partial charge on any atom is 0.237 e. The van der Waals surface area contributed by atoms with Crippen molar-refractivity contribution in [2.45, 2.75) is 24.0 Å². The number of nitrogens with two attached hydrogens (primary N) is 1. The Kier molecular flexibility index (Phi) is 5.15. The van der Waals surface area contributed by atoms with Gasteiger partial charge in [0.1, 0.15) is 0 Å². The van der Waals surface area contributed by atoms with Gasteiger partial charge in [-0.05, 0) is 49.7 Å². The number of nitrogen functional groups attached to an aromatic ring is 1. The summed E-state index contributed by atoms with van der Waals surface area (Å²) in [7, 11) is 0. The number of anilines is 2. The Balaban J connectivity index is 2.04. The maximum atomic E-state index is 12.3. The maximum absolute atomic E-state index is 12.3. The topological polar surface area (TPSA) is 55.1 Å². The van der Waals surface area contributed by atoms with E-state index in [-0.39, 0.29) is 11.2 Å². The van der Waals surface area contributed by atoms with Crippen LogP contribution in [0.5, 0.6) is 0 Å². The minimum Gasteiger partial charge on any atom is -0.399 e. The van der Waals surface area contributed by atoms with E-state index in [0.717, 1.165) is 16.1 Å². The lowest BCUT2D eigenvalue weighted by Crippen LogP contribution is -2.22. The van der Waals surface area contributed by atoms with E-state index in [9.17, 15) is 4.79 Å². The molecule has 0 saturated carbocycles. The second-order valence-electron chi connectivity index (χ2n) is 4.75. The first-order valence-electron chi connectivity index (χ1n) is 6.55. The van der Waals surface area contributed by atoms with Gasteiger partial charge in [0.2, 0.25) is 5.91 Å². The van der Waals surface area contributed by atoms with E-state index in [1.165, 1.54) is 11.8 Å². The molecule has 2 aromatic carbocycles. The summed E-state index contributed by atoms with van der Waals surface area (Å²) in [6.45, 7) is 3.77. The van der Waals surface area contributed by atoms with Crippen molar-refractivity contribution in [3.05, 3.63) is 53.1 Å². The molecule has 0 fully saturated rings. The molecule has 0 aliphatic carbocycles. The zero-order valence-corrected chi connectivity index (χ0v) is 13.5. The minimum absolute atomic E-state index is 0.0622. The number of thioether (sulfide) groups is 1. The fourth-order valence-corrected chi connectivity index (χ4v) is 3.00. The molecule has 1 unspecified atom stereocenters. The second-order valence-corrected chi connectivity index (χ2v) is 6.54. The number of halogens is 1. The summed E-state index contributed by atoms with van der Waals surface area (Å²) in [6, 6.07) is 12.9. The van der Waals surface area contributed by atoms with E-state index in [1.807, 2.05) is 50.2 Å². The van der Waals surface area contributed by atoms with E-state index in [2.05, 4.69) is 5.32 Å². The van der Waals surface area contributed by atoms with Crippen LogP contribution in [0.25, 0.3) is 0 Å². The monoisotopic (exact) mass is 320 g/mol. The molecule has 0 aliphatic heterocycles. The van der Waals surface area contributed by atoms with Crippen molar-refractivity contribution in [2.75, 3.05) is 11.1 Å². The molecule has 3 nitrogen and oxygen atoms in total. The van der Waals surface area contributed by atoms with Gasteiger partial charge < -0.3 is 11.1 Å². The van der Waals surface area contributed by atoms with Gasteiger partial charge in [0.05, 0.1) is 10.3 Å². The fraction of sp³-hybridized carbons (Fsp3) is 0.188. The number of hydrogen-bond donors (Lipinski definition) is 2. The van der Waals surface area contributed by atoms with Crippen LogP contribution in [-0.2, 0) is 4.79 Å². The van der Waals surface area contributed by atoms with Gasteiger partial charge >= 0.3 is 0 Å². The van der Waals surface area contributed by atoms with Crippen molar-refractivity contribution in [2.24, 2.45) is 0 Å². The molecule has 3 N–H and O–H groups in total. The lowest BCUT2D eigenvalue weighted by Gasteiger charge is -2.14. The van der Waals surface area contributed by atoms with E-state index >= 15 is 0 Å². The lowest BCUT2D eigenvalue weighted by molar-refractivity contribution is -0.115. The van der Waals surface area contributed by atoms with Gasteiger partial charge in [0.15, 0.2) is 0 Å². The van der Waals surface area contributed by atoms with Gasteiger partial charge in [-0.1, -0.05) is 23.7 Å². The van der Waals surface area contributed by atoms with Crippen LogP contribution in [-0.4, -0.2) is 11.2 Å². The molecule has 0 radical (unpaired) electrons. The van der Waals surface area contributed by atoms with Crippen molar-refractivity contribution in [1.29, 1.82) is 0 Å². The SMILES string of the molecule is Cc1cc(N)ccc1NC(=O)C(C)Sc1ccccc1Cl. The molecular formula is C16H17ClN2OS. The highest BCUT2D eigenvalue weighted by molar-refractivity contribution is 8.00. The summed E-state index contributed by atoms with van der Waals surface area (Å²) in [5, 5.41) is 3.33. The third-order valence-electron chi connectivity index (χ3n) is 3.02. The largest absolute Gasteiger partial charge is 0.399 e. The van der Waals surface area contributed by atoms with E-state index in [0.29, 0.717) is 10.7 Å². The highest BCUT2D eigenvalue weighted by atomic mass is 35.5. The first-order valence-corrected chi connectivity index (χ1v) is 7.81. The van der Waals surface area contributed by atoms with E-state index in [4.69, 9.17) is 17.3 Å². The number of carbonyl (C=O) groups is 1. The summed E-state index contributed by atoms with van der Waals surface area (Å²) < 4.78 is 0. The average Bonchev–Trinajstić information content (AvgIpc) is 2.44. The first-order chi connectivity index (χ1) is 9.97. The standard InChI is InChI=1S/C16H17ClN2OS/c1-10-9-12(18)7-8-14(10)19-16(20)11(2)21-15-6-4-3-5-13(15)17/h3-9,11H,18H2,1-2H3,(H,19,20). The molecule has 21 heavy (non-hydrogen) atoms. The van der Waals surface area contributed by atoms with Gasteiger partial charge in [-0.15, -0.1) is 11.8 Å². The second kappa shape index (κ2) is 6.87. The molecular weight excluding hydrogens is 304 g/mol. The normalized spacial score (nSPS) is 12.0. The summed E-state index contributed by atoms with van der Waals surface area (Å²) in [6.07, 6.45) is 0. The van der Waals surface area contributed by atoms with Crippen molar-refractivity contribution in [1.82, 2.24) is 0 Å². The molecule has 0 bridgehead atoms. The molecule has 1 amide bonds. The third kappa shape index (κ3) is 4.16. The molecule has 2 aromatic rings. The number of aryl methyl sites for hydroxylation is 1. The average molecular weight is 321 g/mol. The number of benzene rings is 2. The summed E-state index contributed by atoms with van der Waals surface area (Å²) in [5.74, 6) is -0.0622. The van der Waals surface area contributed by atoms with Gasteiger partial charge in [-0.2, -0.15) is 0 Å². The minimum atomic E-state index is -0.248. The van der Waals surface area contributed by atoms with Crippen LogP contribution >= 0.6 is 23.4 Å². The predicted molar refractivity (Wildman–Crippen MR) is 91.0 cm³/mol. The van der Waals surface area contributed by atoms with Gasteiger partial charge in [-0.3, -0.25) is 4.79 Å². The number of hydrogen-bond acceptors (Lipinski definition) is 3. The van der Waals surface area contributed by atoms with Gasteiger partial charge in [-0.25, -0.2) is 0 Å². The quantitative estimate of drug-likeness (QED) is 0.650. The van der Waals surface area contributed by atoms with Crippen LogP contribution in [0.1, 0.15) is 12.5 Å². The third-order valence-corrected chi connectivity index (χ3v) is 4.64. The molecule has 5 heteroatoms. The highest BCUT2D eigenvalue weighted by Gasteiger charge is 2.16. The Labute approximate surface area is 133 Å². The van der Waals surface area contributed by atoms with Crippen molar-refractivity contribution in [3.63, 3.8) is 0 Å². The van der Waals surface area contributed by atoms with Gasteiger partial charge in [0, 0.05) is 16.3 Å². The van der Waals surface area contributed by atoms with Crippen LogP contribution in [0.15, 0.2) is 47.4 Å². The molecule has 110 valence electrons. The Morgan fingerprint density at radius 2 is 2.00 bits per heavy atom. The summed E-state index contributed by atoms with van der Waals surface area (Å²) in [4.78, 5) is 13.2. The van der Waals surface area contributed by atoms with Crippen LogP contribution in [0.4, 0.5) is 11.4 Å². The number of carbonyl (C=O) groups excluding carboxylic acids is 1. The Morgan fingerprint density at radius 1 is 1.29 bits per heavy atom. The van der Waals surface area contributed by atoms with E-state index < -0.39 is 0 Å².